The predicted octanol–water partition coefficient (Wildman–Crippen LogP) is 4.39. The number of nitrogens with two attached hydrogens (primary N) is 1. The van der Waals surface area contributed by atoms with Crippen LogP contribution >= 0.6 is 0 Å². The van der Waals surface area contributed by atoms with Crippen LogP contribution in [0.15, 0.2) is 48.7 Å². The van der Waals surface area contributed by atoms with Crippen LogP contribution in [-0.2, 0) is 7.05 Å². The van der Waals surface area contributed by atoms with Crippen molar-refractivity contribution in [1.82, 2.24) is 9.55 Å². The van der Waals surface area contributed by atoms with Gasteiger partial charge in [0.2, 0.25) is 5.75 Å². The third-order valence-corrected chi connectivity index (χ3v) is 5.31. The molecule has 0 unspecified atom stereocenters. The molecule has 2 aromatic carbocycles. The molecule has 0 aliphatic carbocycles. The molecular weight excluding hydrogens is 392 g/mol. The zero-order valence-electron chi connectivity index (χ0n) is 17.8. The van der Waals surface area contributed by atoms with Crippen molar-refractivity contribution in [2.75, 3.05) is 27.1 Å². The van der Waals surface area contributed by atoms with Crippen LogP contribution in [0.25, 0.3) is 33.3 Å². The van der Waals surface area contributed by atoms with Crippen molar-refractivity contribution in [3.05, 3.63) is 54.2 Å². The van der Waals surface area contributed by atoms with E-state index in [-0.39, 0.29) is 5.82 Å². The number of benzene rings is 2. The summed E-state index contributed by atoms with van der Waals surface area (Å²) in [5.41, 5.74) is 10.6. The fourth-order valence-corrected chi connectivity index (χ4v) is 3.83. The molecule has 2 heterocycles. The molecule has 0 aliphatic heterocycles. The molecule has 2 aromatic heterocycles. The molecule has 0 bridgehead atoms. The van der Waals surface area contributed by atoms with Gasteiger partial charge in [0.05, 0.1) is 27.0 Å². The van der Waals surface area contributed by atoms with Gasteiger partial charge in [-0.25, -0.2) is 4.98 Å². The summed E-state index contributed by atoms with van der Waals surface area (Å²) in [6, 6.07) is 15.7. The van der Waals surface area contributed by atoms with Crippen LogP contribution in [0.5, 0.6) is 17.2 Å². The standard InChI is InChI=1S/C24H22N4O3/c1-28-13-18(15-7-5-6-8-20(15)28)19-11-16(17(12-25)24(26)27-19)14-9-21(29-2)23(31-4)22(10-14)30-3/h5-11,13H,1-4H3,(H2,26,27). The van der Waals surface area contributed by atoms with Gasteiger partial charge in [-0.15, -0.1) is 0 Å². The van der Waals surface area contributed by atoms with E-state index in [2.05, 4.69) is 11.1 Å². The van der Waals surface area contributed by atoms with E-state index < -0.39 is 0 Å². The number of para-hydroxylation sites is 1. The first-order valence-electron chi connectivity index (χ1n) is 9.57. The Balaban J connectivity index is 2.00. The smallest absolute Gasteiger partial charge is 0.203 e. The molecule has 4 aromatic rings. The first kappa shape index (κ1) is 20.1. The number of pyridine rings is 1. The van der Waals surface area contributed by atoms with Crippen molar-refractivity contribution in [2.24, 2.45) is 7.05 Å². The Hall–Kier alpha value is -4.18. The molecule has 0 saturated heterocycles. The minimum atomic E-state index is 0.164. The van der Waals surface area contributed by atoms with Gasteiger partial charge in [0, 0.05) is 35.3 Å². The van der Waals surface area contributed by atoms with Gasteiger partial charge in [-0.3, -0.25) is 0 Å². The first-order chi connectivity index (χ1) is 15.0. The number of anilines is 1. The molecule has 7 heteroatoms. The number of rotatable bonds is 5. The Morgan fingerprint density at radius 3 is 2.26 bits per heavy atom. The van der Waals surface area contributed by atoms with Crippen molar-refractivity contribution < 1.29 is 14.2 Å². The summed E-state index contributed by atoms with van der Waals surface area (Å²) < 4.78 is 18.4. The van der Waals surface area contributed by atoms with Crippen LogP contribution in [0.2, 0.25) is 0 Å². The highest BCUT2D eigenvalue weighted by Crippen LogP contribution is 2.43. The van der Waals surface area contributed by atoms with Gasteiger partial charge < -0.3 is 24.5 Å². The molecule has 31 heavy (non-hydrogen) atoms. The Labute approximate surface area is 180 Å². The van der Waals surface area contributed by atoms with Gasteiger partial charge in [-0.2, -0.15) is 5.26 Å². The number of nitrogens with zero attached hydrogens (tertiary/aromatic N) is 3. The van der Waals surface area contributed by atoms with Gasteiger partial charge in [0.1, 0.15) is 17.5 Å². The summed E-state index contributed by atoms with van der Waals surface area (Å²) in [6.07, 6.45) is 2.01. The molecule has 2 N–H and O–H groups in total. The lowest BCUT2D eigenvalue weighted by Crippen LogP contribution is -2.01. The molecule has 0 atom stereocenters. The quantitative estimate of drug-likeness (QED) is 0.520. The monoisotopic (exact) mass is 414 g/mol. The lowest BCUT2D eigenvalue weighted by molar-refractivity contribution is 0.324. The fraction of sp³-hybridized carbons (Fsp3) is 0.167. The van der Waals surface area contributed by atoms with Crippen molar-refractivity contribution >= 4 is 16.7 Å². The molecule has 0 amide bonds. The van der Waals surface area contributed by atoms with Crippen LogP contribution < -0.4 is 19.9 Å². The molecular formula is C24H22N4O3. The number of aromatic nitrogens is 2. The van der Waals surface area contributed by atoms with Crippen molar-refractivity contribution in [3.63, 3.8) is 0 Å². The minimum absolute atomic E-state index is 0.164. The second-order valence-corrected chi connectivity index (χ2v) is 7.01. The highest BCUT2D eigenvalue weighted by Gasteiger charge is 2.20. The summed E-state index contributed by atoms with van der Waals surface area (Å²) >= 11 is 0. The predicted molar refractivity (Wildman–Crippen MR) is 120 cm³/mol. The third-order valence-electron chi connectivity index (χ3n) is 5.31. The number of ether oxygens (including phenoxy) is 3. The summed E-state index contributed by atoms with van der Waals surface area (Å²) in [5.74, 6) is 1.62. The lowest BCUT2D eigenvalue weighted by Gasteiger charge is -2.16. The van der Waals surface area contributed by atoms with Crippen molar-refractivity contribution in [1.29, 1.82) is 5.26 Å². The van der Waals surface area contributed by atoms with E-state index in [9.17, 15) is 5.26 Å². The van der Waals surface area contributed by atoms with Gasteiger partial charge in [-0.05, 0) is 29.8 Å². The van der Waals surface area contributed by atoms with Crippen LogP contribution in [0, 0.1) is 11.3 Å². The maximum absolute atomic E-state index is 9.79. The zero-order valence-corrected chi connectivity index (χ0v) is 17.8. The van der Waals surface area contributed by atoms with Gasteiger partial charge >= 0.3 is 0 Å². The van der Waals surface area contributed by atoms with E-state index in [1.165, 1.54) is 0 Å². The maximum atomic E-state index is 9.79. The molecule has 0 fully saturated rings. The van der Waals surface area contributed by atoms with E-state index in [1.54, 1.807) is 33.5 Å². The van der Waals surface area contributed by atoms with E-state index in [4.69, 9.17) is 19.9 Å². The number of hydrogen-bond acceptors (Lipinski definition) is 6. The number of nitrogen functional groups attached to an aromatic ring is 1. The number of aryl methyl sites for hydroxylation is 1. The van der Waals surface area contributed by atoms with E-state index in [1.807, 2.05) is 48.1 Å². The Morgan fingerprint density at radius 2 is 1.65 bits per heavy atom. The van der Waals surface area contributed by atoms with Crippen molar-refractivity contribution in [2.45, 2.75) is 0 Å². The average Bonchev–Trinajstić information content (AvgIpc) is 3.14. The number of fused-ring (bicyclic) bond motifs is 1. The molecule has 0 spiro atoms. The van der Waals surface area contributed by atoms with E-state index in [0.717, 1.165) is 16.5 Å². The minimum Gasteiger partial charge on any atom is -0.493 e. The lowest BCUT2D eigenvalue weighted by atomic mass is 9.97. The van der Waals surface area contributed by atoms with Gasteiger partial charge in [0.15, 0.2) is 11.5 Å². The largest absolute Gasteiger partial charge is 0.493 e. The fourth-order valence-electron chi connectivity index (χ4n) is 3.83. The Morgan fingerprint density at radius 1 is 0.968 bits per heavy atom. The summed E-state index contributed by atoms with van der Waals surface area (Å²) in [5, 5.41) is 10.8. The molecule has 0 aliphatic rings. The first-order valence-corrected chi connectivity index (χ1v) is 9.57. The van der Waals surface area contributed by atoms with Crippen LogP contribution in [0.3, 0.4) is 0 Å². The van der Waals surface area contributed by atoms with Crippen molar-refractivity contribution in [3.8, 4) is 45.7 Å². The summed E-state index contributed by atoms with van der Waals surface area (Å²) in [4.78, 5) is 4.54. The maximum Gasteiger partial charge on any atom is 0.203 e. The number of nitriles is 1. The molecule has 4 rings (SSSR count). The van der Waals surface area contributed by atoms with Crippen LogP contribution in [0.4, 0.5) is 5.82 Å². The SMILES string of the molecule is COc1cc(-c2cc(-c3cn(C)c4ccccc34)nc(N)c2C#N)cc(OC)c1OC. The number of methoxy groups -OCH3 is 3. The van der Waals surface area contributed by atoms with E-state index >= 15 is 0 Å². The highest BCUT2D eigenvalue weighted by atomic mass is 16.5. The third kappa shape index (κ3) is 3.28. The van der Waals surface area contributed by atoms with Gasteiger partial charge in [-0.1, -0.05) is 18.2 Å². The summed E-state index contributed by atoms with van der Waals surface area (Å²) in [6.45, 7) is 0. The Bertz CT molecular complexity index is 1310. The highest BCUT2D eigenvalue weighted by molar-refractivity contribution is 5.96. The molecule has 0 radical (unpaired) electrons. The second kappa shape index (κ2) is 7.92. The van der Waals surface area contributed by atoms with E-state index in [0.29, 0.717) is 39.6 Å². The van der Waals surface area contributed by atoms with Crippen LogP contribution in [-0.4, -0.2) is 30.9 Å². The normalized spacial score (nSPS) is 10.7. The molecule has 7 nitrogen and oxygen atoms in total. The Kier molecular flexibility index (Phi) is 5.14. The second-order valence-electron chi connectivity index (χ2n) is 7.01. The topological polar surface area (TPSA) is 95.3 Å². The van der Waals surface area contributed by atoms with Gasteiger partial charge in [0.25, 0.3) is 0 Å². The number of hydrogen-bond donors (Lipinski definition) is 1. The molecule has 156 valence electrons. The zero-order chi connectivity index (χ0) is 22.1. The molecule has 0 saturated carbocycles. The summed E-state index contributed by atoms with van der Waals surface area (Å²) in [7, 11) is 6.63. The van der Waals surface area contributed by atoms with Crippen LogP contribution in [0.1, 0.15) is 5.56 Å². The average molecular weight is 414 g/mol.